The van der Waals surface area contributed by atoms with Crippen molar-refractivity contribution in [1.82, 2.24) is 5.32 Å². The minimum atomic E-state index is 0.0135. The summed E-state index contributed by atoms with van der Waals surface area (Å²) in [5.41, 5.74) is 5.10. The summed E-state index contributed by atoms with van der Waals surface area (Å²) in [5, 5.41) is 9.62. The van der Waals surface area contributed by atoms with Crippen LogP contribution in [0.1, 0.15) is 33.1 Å². The summed E-state index contributed by atoms with van der Waals surface area (Å²) in [7, 11) is 0. The van der Waals surface area contributed by atoms with E-state index in [9.17, 15) is 4.79 Å². The Morgan fingerprint density at radius 1 is 1.54 bits per heavy atom. The van der Waals surface area contributed by atoms with E-state index in [-0.39, 0.29) is 17.7 Å². The van der Waals surface area contributed by atoms with Crippen LogP contribution in [0.25, 0.3) is 0 Å². The van der Waals surface area contributed by atoms with E-state index in [1.165, 1.54) is 0 Å². The monoisotopic (exact) mass is 185 g/mol. The topological polar surface area (TPSA) is 79.0 Å². The van der Waals surface area contributed by atoms with E-state index in [0.29, 0.717) is 0 Å². The molecule has 0 aliphatic heterocycles. The van der Waals surface area contributed by atoms with Crippen LogP contribution in [-0.2, 0) is 4.79 Å². The lowest BCUT2D eigenvalue weighted by molar-refractivity contribution is -0.120. The minimum Gasteiger partial charge on any atom is -0.370 e. The quantitative estimate of drug-likeness (QED) is 0.326. The molecule has 0 aromatic rings. The third kappa shape index (κ3) is 7.31. The molecule has 0 bridgehead atoms. The van der Waals surface area contributed by atoms with Crippen molar-refractivity contribution >= 4 is 11.7 Å². The van der Waals surface area contributed by atoms with E-state index in [1.807, 2.05) is 6.92 Å². The van der Waals surface area contributed by atoms with Crippen LogP contribution in [0.2, 0.25) is 0 Å². The molecule has 0 rings (SSSR count). The Kier molecular flexibility index (Phi) is 5.93. The molecular formula is C9H19N3O. The molecule has 4 heteroatoms. The second-order valence-corrected chi connectivity index (χ2v) is 3.35. The van der Waals surface area contributed by atoms with Gasteiger partial charge in [-0.3, -0.25) is 10.2 Å². The summed E-state index contributed by atoms with van der Waals surface area (Å²) in [4.78, 5) is 10.8. The molecule has 0 saturated carbocycles. The third-order valence-corrected chi connectivity index (χ3v) is 2.07. The van der Waals surface area contributed by atoms with Gasteiger partial charge in [0.2, 0.25) is 0 Å². The first kappa shape index (κ1) is 11.9. The number of nitrogens with one attached hydrogen (secondary N) is 2. The molecule has 0 fully saturated rings. The lowest BCUT2D eigenvalue weighted by Gasteiger charge is -2.07. The van der Waals surface area contributed by atoms with Crippen molar-refractivity contribution in [3.8, 4) is 0 Å². The Morgan fingerprint density at radius 2 is 2.15 bits per heavy atom. The zero-order valence-corrected chi connectivity index (χ0v) is 8.39. The van der Waals surface area contributed by atoms with Crippen molar-refractivity contribution in [2.45, 2.75) is 33.1 Å². The van der Waals surface area contributed by atoms with Gasteiger partial charge >= 0.3 is 0 Å². The zero-order valence-electron chi connectivity index (χ0n) is 8.39. The number of Topliss-reactive ketones (excluding diaryl/α,β-unsaturated/α-hetero) is 1. The number of carbonyl (C=O) groups excluding carboxylic acids is 1. The largest absolute Gasteiger partial charge is 0.370 e. The Bertz CT molecular complexity index is 180. The number of nitrogens with two attached hydrogens (primary N) is 1. The molecule has 4 nitrogen and oxygen atoms in total. The summed E-state index contributed by atoms with van der Waals surface area (Å²) in [6.07, 6.45) is 2.88. The molecular weight excluding hydrogens is 166 g/mol. The maximum absolute atomic E-state index is 10.8. The number of rotatable bonds is 6. The molecule has 0 aromatic carbocycles. The van der Waals surface area contributed by atoms with Crippen molar-refractivity contribution in [2.24, 2.45) is 11.7 Å². The van der Waals surface area contributed by atoms with Gasteiger partial charge < -0.3 is 11.1 Å². The van der Waals surface area contributed by atoms with Crippen LogP contribution in [0, 0.1) is 11.3 Å². The first-order valence-corrected chi connectivity index (χ1v) is 4.62. The Labute approximate surface area is 79.4 Å². The van der Waals surface area contributed by atoms with Gasteiger partial charge in [-0.15, -0.1) is 0 Å². The fraction of sp³-hybridized carbons (Fsp3) is 0.778. The molecule has 0 radical (unpaired) electrons. The van der Waals surface area contributed by atoms with Crippen LogP contribution >= 0.6 is 0 Å². The van der Waals surface area contributed by atoms with Gasteiger partial charge in [0.15, 0.2) is 5.96 Å². The smallest absolute Gasteiger partial charge is 0.185 e. The zero-order chi connectivity index (χ0) is 10.3. The second kappa shape index (κ2) is 6.46. The van der Waals surface area contributed by atoms with Gasteiger partial charge in [-0.05, 0) is 19.8 Å². The van der Waals surface area contributed by atoms with Gasteiger partial charge in [-0.1, -0.05) is 13.3 Å². The number of hydrogen-bond donors (Lipinski definition) is 3. The van der Waals surface area contributed by atoms with Crippen LogP contribution in [-0.4, -0.2) is 18.3 Å². The lowest BCUT2D eigenvalue weighted by Crippen LogP contribution is -2.30. The number of unbranched alkanes of at least 4 members (excludes halogenated alkanes) is 1. The molecule has 0 spiro atoms. The molecule has 0 aromatic heterocycles. The van der Waals surface area contributed by atoms with Crippen molar-refractivity contribution in [2.75, 3.05) is 6.54 Å². The van der Waals surface area contributed by atoms with Gasteiger partial charge in [0.25, 0.3) is 0 Å². The van der Waals surface area contributed by atoms with E-state index in [0.717, 1.165) is 25.8 Å². The van der Waals surface area contributed by atoms with Crippen LogP contribution in [0.4, 0.5) is 0 Å². The predicted octanol–water partition coefficient (Wildman–Crippen LogP) is 0.865. The second-order valence-electron chi connectivity index (χ2n) is 3.35. The highest BCUT2D eigenvalue weighted by Crippen LogP contribution is 2.07. The summed E-state index contributed by atoms with van der Waals surface area (Å²) in [5.74, 6) is 0.427. The van der Waals surface area contributed by atoms with Gasteiger partial charge in [-0.25, -0.2) is 0 Å². The van der Waals surface area contributed by atoms with Crippen LogP contribution in [0.15, 0.2) is 0 Å². The van der Waals surface area contributed by atoms with Crippen molar-refractivity contribution < 1.29 is 4.79 Å². The van der Waals surface area contributed by atoms with Crippen molar-refractivity contribution in [1.29, 1.82) is 5.41 Å². The Hall–Kier alpha value is -1.06. The summed E-state index contributed by atoms with van der Waals surface area (Å²) in [6, 6.07) is 0. The minimum absolute atomic E-state index is 0.0135. The SMILES string of the molecule is CC(=O)[C@H](C)CCCCNC(=N)N. The standard InChI is InChI=1S/C9H19N3O/c1-7(8(2)13)5-3-4-6-12-9(10)11/h7H,3-6H2,1-2H3,(H4,10,11,12)/t7-/m1/s1. The van der Waals surface area contributed by atoms with E-state index < -0.39 is 0 Å². The average molecular weight is 185 g/mol. The maximum Gasteiger partial charge on any atom is 0.185 e. The molecule has 13 heavy (non-hydrogen) atoms. The van der Waals surface area contributed by atoms with Gasteiger partial charge in [0.1, 0.15) is 5.78 Å². The number of hydrogen-bond acceptors (Lipinski definition) is 2. The highest BCUT2D eigenvalue weighted by molar-refractivity contribution is 5.77. The molecule has 0 unspecified atom stereocenters. The molecule has 4 N–H and O–H groups in total. The van der Waals surface area contributed by atoms with Gasteiger partial charge in [0.05, 0.1) is 0 Å². The molecule has 0 saturated heterocycles. The Balaban J connectivity index is 3.26. The fourth-order valence-corrected chi connectivity index (χ4v) is 1.00. The number of ketones is 1. The van der Waals surface area contributed by atoms with Crippen molar-refractivity contribution in [3.05, 3.63) is 0 Å². The van der Waals surface area contributed by atoms with Crippen LogP contribution in [0.5, 0.6) is 0 Å². The van der Waals surface area contributed by atoms with Crippen molar-refractivity contribution in [3.63, 3.8) is 0 Å². The highest BCUT2D eigenvalue weighted by atomic mass is 16.1. The van der Waals surface area contributed by atoms with E-state index in [4.69, 9.17) is 11.1 Å². The fourth-order valence-electron chi connectivity index (χ4n) is 1.00. The molecule has 0 heterocycles. The first-order chi connectivity index (χ1) is 6.04. The van der Waals surface area contributed by atoms with Gasteiger partial charge in [-0.2, -0.15) is 0 Å². The van der Waals surface area contributed by atoms with Gasteiger partial charge in [0, 0.05) is 12.5 Å². The lowest BCUT2D eigenvalue weighted by atomic mass is 10.0. The molecule has 76 valence electrons. The summed E-state index contributed by atoms with van der Waals surface area (Å²) >= 11 is 0. The predicted molar refractivity (Wildman–Crippen MR) is 53.6 cm³/mol. The summed E-state index contributed by atoms with van der Waals surface area (Å²) < 4.78 is 0. The Morgan fingerprint density at radius 3 is 2.62 bits per heavy atom. The normalized spacial score (nSPS) is 12.2. The molecule has 0 amide bonds. The van der Waals surface area contributed by atoms with E-state index >= 15 is 0 Å². The maximum atomic E-state index is 10.8. The third-order valence-electron chi connectivity index (χ3n) is 2.07. The van der Waals surface area contributed by atoms with E-state index in [1.54, 1.807) is 6.92 Å². The summed E-state index contributed by atoms with van der Waals surface area (Å²) in [6.45, 7) is 4.29. The average Bonchev–Trinajstić information content (AvgIpc) is 2.02. The first-order valence-electron chi connectivity index (χ1n) is 4.62. The molecule has 0 aliphatic carbocycles. The van der Waals surface area contributed by atoms with Crippen LogP contribution < -0.4 is 11.1 Å². The van der Waals surface area contributed by atoms with Crippen LogP contribution in [0.3, 0.4) is 0 Å². The molecule has 1 atom stereocenters. The number of carbonyl (C=O) groups is 1. The number of guanidine groups is 1. The highest BCUT2D eigenvalue weighted by Gasteiger charge is 2.05. The molecule has 0 aliphatic rings. The van der Waals surface area contributed by atoms with E-state index in [2.05, 4.69) is 5.32 Å².